The number of benzene rings is 1. The van der Waals surface area contributed by atoms with Crippen molar-refractivity contribution in [2.45, 2.75) is 0 Å². The molecule has 0 spiro atoms. The first kappa shape index (κ1) is 7.86. The molecule has 0 saturated heterocycles. The van der Waals surface area contributed by atoms with E-state index < -0.39 is 0 Å². The molecular formula is C10H10N2O. The molecule has 0 fully saturated rings. The van der Waals surface area contributed by atoms with E-state index in [1.807, 2.05) is 30.5 Å². The number of nitrogens with one attached hydrogen (secondary N) is 1. The molecule has 1 heterocycles. The molecule has 0 aliphatic rings. The first-order valence-electron chi connectivity index (χ1n) is 4.04. The highest BCUT2D eigenvalue weighted by atomic mass is 16.6. The van der Waals surface area contributed by atoms with E-state index in [0.29, 0.717) is 0 Å². The van der Waals surface area contributed by atoms with E-state index >= 15 is 0 Å². The third-order valence-corrected chi connectivity index (χ3v) is 1.93. The number of nitrogens with zero attached hydrogens (tertiary/aromatic N) is 1. The van der Waals surface area contributed by atoms with Crippen LogP contribution in [-0.2, 0) is 4.84 Å². The van der Waals surface area contributed by atoms with E-state index in [9.17, 15) is 0 Å². The number of oxime groups is 1. The molecule has 13 heavy (non-hydrogen) atoms. The Morgan fingerprint density at radius 3 is 3.15 bits per heavy atom. The third-order valence-electron chi connectivity index (χ3n) is 1.93. The predicted molar refractivity (Wildman–Crippen MR) is 52.9 cm³/mol. The van der Waals surface area contributed by atoms with Crippen molar-refractivity contribution >= 4 is 17.1 Å². The lowest BCUT2D eigenvalue weighted by molar-refractivity contribution is 0.215. The van der Waals surface area contributed by atoms with Gasteiger partial charge in [0.1, 0.15) is 7.11 Å². The monoisotopic (exact) mass is 174 g/mol. The van der Waals surface area contributed by atoms with E-state index in [1.165, 1.54) is 7.11 Å². The van der Waals surface area contributed by atoms with Crippen LogP contribution in [0, 0.1) is 0 Å². The fraction of sp³-hybridized carbons (Fsp3) is 0.100. The van der Waals surface area contributed by atoms with Crippen LogP contribution in [0.3, 0.4) is 0 Å². The third kappa shape index (κ3) is 1.40. The Balaban J connectivity index is 2.54. The van der Waals surface area contributed by atoms with Gasteiger partial charge in [-0.15, -0.1) is 0 Å². The first-order chi connectivity index (χ1) is 6.42. The molecule has 2 aromatic rings. The Morgan fingerprint density at radius 1 is 1.38 bits per heavy atom. The van der Waals surface area contributed by atoms with Crippen molar-refractivity contribution < 1.29 is 4.84 Å². The summed E-state index contributed by atoms with van der Waals surface area (Å²) in [6.07, 6.45) is 3.62. The van der Waals surface area contributed by atoms with Crippen molar-refractivity contribution in [1.29, 1.82) is 0 Å². The zero-order chi connectivity index (χ0) is 9.10. The first-order valence-corrected chi connectivity index (χ1v) is 4.04. The number of aromatic amines is 1. The van der Waals surface area contributed by atoms with Crippen LogP contribution in [-0.4, -0.2) is 18.3 Å². The zero-order valence-electron chi connectivity index (χ0n) is 7.32. The molecule has 3 heteroatoms. The van der Waals surface area contributed by atoms with Gasteiger partial charge in [0.15, 0.2) is 0 Å². The van der Waals surface area contributed by atoms with E-state index in [4.69, 9.17) is 0 Å². The van der Waals surface area contributed by atoms with Crippen molar-refractivity contribution in [3.63, 3.8) is 0 Å². The quantitative estimate of drug-likeness (QED) is 0.549. The van der Waals surface area contributed by atoms with E-state index in [0.717, 1.165) is 16.5 Å². The Bertz CT molecular complexity index is 431. The maximum absolute atomic E-state index is 4.63. The zero-order valence-corrected chi connectivity index (χ0v) is 7.32. The molecule has 0 bridgehead atoms. The summed E-state index contributed by atoms with van der Waals surface area (Å²) in [7, 11) is 1.54. The second-order valence-corrected chi connectivity index (χ2v) is 2.70. The Morgan fingerprint density at radius 2 is 2.31 bits per heavy atom. The highest BCUT2D eigenvalue weighted by molar-refractivity contribution is 5.98. The van der Waals surface area contributed by atoms with E-state index in [2.05, 4.69) is 15.0 Å². The van der Waals surface area contributed by atoms with Gasteiger partial charge in [-0.05, 0) is 12.1 Å². The summed E-state index contributed by atoms with van der Waals surface area (Å²) in [5.41, 5.74) is 2.17. The Labute approximate surface area is 76.0 Å². The standard InChI is InChI=1S/C10H10N2O/c1-13-12-7-8-3-2-4-10-9(8)5-6-11-10/h2-7,11H,1H3/b12-7+. The van der Waals surface area contributed by atoms with Crippen LogP contribution in [0.25, 0.3) is 10.9 Å². The van der Waals surface area contributed by atoms with Crippen LogP contribution in [0.4, 0.5) is 0 Å². The topological polar surface area (TPSA) is 37.4 Å². The largest absolute Gasteiger partial charge is 0.399 e. The molecule has 2 rings (SSSR count). The van der Waals surface area contributed by atoms with Gasteiger partial charge >= 0.3 is 0 Å². The van der Waals surface area contributed by atoms with Gasteiger partial charge in [-0.3, -0.25) is 0 Å². The van der Waals surface area contributed by atoms with Gasteiger partial charge in [0, 0.05) is 22.7 Å². The summed E-state index contributed by atoms with van der Waals surface area (Å²) in [5, 5.41) is 4.89. The van der Waals surface area contributed by atoms with Gasteiger partial charge in [-0.2, -0.15) is 0 Å². The number of rotatable bonds is 2. The molecule has 0 aliphatic heterocycles. The number of hydrogen-bond acceptors (Lipinski definition) is 2. The van der Waals surface area contributed by atoms with Gasteiger partial charge in [-0.1, -0.05) is 17.3 Å². The number of aromatic nitrogens is 1. The molecule has 0 radical (unpaired) electrons. The second kappa shape index (κ2) is 3.31. The van der Waals surface area contributed by atoms with Gasteiger partial charge in [0.05, 0.1) is 6.21 Å². The summed E-state index contributed by atoms with van der Waals surface area (Å²) in [6, 6.07) is 8.03. The molecule has 0 aliphatic carbocycles. The van der Waals surface area contributed by atoms with Crippen molar-refractivity contribution in [3.05, 3.63) is 36.0 Å². The number of H-pyrrole nitrogens is 1. The van der Waals surface area contributed by atoms with Crippen LogP contribution >= 0.6 is 0 Å². The molecule has 0 unspecified atom stereocenters. The molecule has 66 valence electrons. The summed E-state index contributed by atoms with van der Waals surface area (Å²) in [5.74, 6) is 0. The molecular weight excluding hydrogens is 164 g/mol. The summed E-state index contributed by atoms with van der Waals surface area (Å²) >= 11 is 0. The predicted octanol–water partition coefficient (Wildman–Crippen LogP) is 2.15. The van der Waals surface area contributed by atoms with Crippen molar-refractivity contribution in [1.82, 2.24) is 4.98 Å². The van der Waals surface area contributed by atoms with Gasteiger partial charge in [0.2, 0.25) is 0 Å². The maximum Gasteiger partial charge on any atom is 0.106 e. The van der Waals surface area contributed by atoms with E-state index in [-0.39, 0.29) is 0 Å². The van der Waals surface area contributed by atoms with Crippen LogP contribution in [0.1, 0.15) is 5.56 Å². The summed E-state index contributed by atoms with van der Waals surface area (Å²) < 4.78 is 0. The normalized spacial score (nSPS) is 11.2. The van der Waals surface area contributed by atoms with Crippen LogP contribution in [0.15, 0.2) is 35.6 Å². The van der Waals surface area contributed by atoms with Crippen molar-refractivity contribution in [2.24, 2.45) is 5.16 Å². The fourth-order valence-electron chi connectivity index (χ4n) is 1.33. The fourth-order valence-corrected chi connectivity index (χ4v) is 1.33. The maximum atomic E-state index is 4.63. The van der Waals surface area contributed by atoms with Crippen LogP contribution in [0.2, 0.25) is 0 Å². The Hall–Kier alpha value is -1.77. The lowest BCUT2D eigenvalue weighted by Gasteiger charge is -1.94. The minimum atomic E-state index is 1.06. The molecule has 0 amide bonds. The summed E-state index contributed by atoms with van der Waals surface area (Å²) in [6.45, 7) is 0. The molecule has 0 atom stereocenters. The average Bonchev–Trinajstić information content (AvgIpc) is 2.62. The lowest BCUT2D eigenvalue weighted by Crippen LogP contribution is -1.82. The molecule has 3 nitrogen and oxygen atoms in total. The van der Waals surface area contributed by atoms with Crippen LogP contribution in [0.5, 0.6) is 0 Å². The lowest BCUT2D eigenvalue weighted by atomic mass is 10.1. The Kier molecular flexibility index (Phi) is 2.00. The minimum Gasteiger partial charge on any atom is -0.399 e. The highest BCUT2D eigenvalue weighted by Gasteiger charge is 1.97. The average molecular weight is 174 g/mol. The summed E-state index contributed by atoms with van der Waals surface area (Å²) in [4.78, 5) is 7.76. The molecule has 1 N–H and O–H groups in total. The number of fused-ring (bicyclic) bond motifs is 1. The van der Waals surface area contributed by atoms with Gasteiger partial charge < -0.3 is 9.82 Å². The highest BCUT2D eigenvalue weighted by Crippen LogP contribution is 2.15. The van der Waals surface area contributed by atoms with Crippen LogP contribution < -0.4 is 0 Å². The van der Waals surface area contributed by atoms with E-state index in [1.54, 1.807) is 6.21 Å². The van der Waals surface area contributed by atoms with Crippen molar-refractivity contribution in [3.8, 4) is 0 Å². The SMILES string of the molecule is CO/N=C/c1cccc2[nH]ccc12. The van der Waals surface area contributed by atoms with Crippen molar-refractivity contribution in [2.75, 3.05) is 7.11 Å². The molecule has 0 saturated carbocycles. The smallest absolute Gasteiger partial charge is 0.106 e. The molecule has 1 aromatic carbocycles. The second-order valence-electron chi connectivity index (χ2n) is 2.70. The van der Waals surface area contributed by atoms with Gasteiger partial charge in [0.25, 0.3) is 0 Å². The number of hydrogen-bond donors (Lipinski definition) is 1. The molecule has 1 aromatic heterocycles. The van der Waals surface area contributed by atoms with Gasteiger partial charge in [-0.25, -0.2) is 0 Å². The minimum absolute atomic E-state index is 1.06.